The van der Waals surface area contributed by atoms with E-state index >= 15 is 0 Å². The van der Waals surface area contributed by atoms with Gasteiger partial charge in [-0.1, -0.05) is 12.1 Å². The number of fused-ring (bicyclic) bond motifs is 1. The number of nitrogens with zero attached hydrogens (tertiary/aromatic N) is 4. The Bertz CT molecular complexity index is 725. The van der Waals surface area contributed by atoms with Crippen LogP contribution in [-0.2, 0) is 19.3 Å². The van der Waals surface area contributed by atoms with E-state index in [2.05, 4.69) is 10.2 Å². The van der Waals surface area contributed by atoms with Gasteiger partial charge in [0.15, 0.2) is 5.82 Å². The minimum Gasteiger partial charge on any atom is -0.329 e. The van der Waals surface area contributed by atoms with E-state index in [9.17, 15) is 22.4 Å². The summed E-state index contributed by atoms with van der Waals surface area (Å²) >= 11 is 0. The van der Waals surface area contributed by atoms with Crippen molar-refractivity contribution < 1.29 is 22.4 Å². The normalized spacial score (nSPS) is 14.8. The van der Waals surface area contributed by atoms with Crippen molar-refractivity contribution >= 4 is 5.91 Å². The van der Waals surface area contributed by atoms with Gasteiger partial charge in [-0.3, -0.25) is 4.79 Å². The molecule has 1 aliphatic heterocycles. The van der Waals surface area contributed by atoms with Crippen LogP contribution in [0.15, 0.2) is 24.3 Å². The van der Waals surface area contributed by atoms with E-state index in [0.29, 0.717) is 0 Å². The van der Waals surface area contributed by atoms with Crippen molar-refractivity contribution in [2.45, 2.75) is 19.3 Å². The van der Waals surface area contributed by atoms with Crippen molar-refractivity contribution in [3.05, 3.63) is 47.3 Å². The van der Waals surface area contributed by atoms with Crippen LogP contribution >= 0.6 is 0 Å². The third-order valence-electron chi connectivity index (χ3n) is 3.40. The molecule has 0 saturated heterocycles. The summed E-state index contributed by atoms with van der Waals surface area (Å²) in [7, 11) is 0. The second kappa shape index (κ2) is 5.08. The molecule has 0 bridgehead atoms. The molecule has 0 saturated carbocycles. The van der Waals surface area contributed by atoms with Crippen LogP contribution in [0.3, 0.4) is 0 Å². The van der Waals surface area contributed by atoms with E-state index in [1.54, 1.807) is 0 Å². The van der Waals surface area contributed by atoms with Crippen LogP contribution in [0.1, 0.15) is 22.0 Å². The molecule has 0 radical (unpaired) electrons. The van der Waals surface area contributed by atoms with Crippen LogP contribution < -0.4 is 0 Å². The lowest BCUT2D eigenvalue weighted by Gasteiger charge is -2.28. The molecule has 0 aliphatic carbocycles. The fraction of sp³-hybridized carbons (Fsp3) is 0.308. The SMILES string of the molecule is O=C(c1ccccc1F)N1CCn2c(nnc2C(F)(F)F)C1. The van der Waals surface area contributed by atoms with Crippen molar-refractivity contribution in [3.63, 3.8) is 0 Å². The van der Waals surface area contributed by atoms with Crippen molar-refractivity contribution in [2.75, 3.05) is 6.54 Å². The zero-order valence-electron chi connectivity index (χ0n) is 11.1. The minimum absolute atomic E-state index is 0.0291. The highest BCUT2D eigenvalue weighted by Gasteiger charge is 2.40. The topological polar surface area (TPSA) is 51.0 Å². The van der Waals surface area contributed by atoms with Crippen LogP contribution in [0.2, 0.25) is 0 Å². The Morgan fingerprint density at radius 2 is 1.86 bits per heavy atom. The minimum atomic E-state index is -4.59. The summed E-state index contributed by atoms with van der Waals surface area (Å²) in [6.45, 7) is -0.199. The number of rotatable bonds is 1. The molecule has 0 N–H and O–H groups in total. The van der Waals surface area contributed by atoms with Gasteiger partial charge in [0.1, 0.15) is 5.82 Å². The quantitative estimate of drug-likeness (QED) is 0.757. The van der Waals surface area contributed by atoms with Crippen LogP contribution in [-0.4, -0.2) is 32.1 Å². The molecule has 1 aromatic carbocycles. The van der Waals surface area contributed by atoms with Gasteiger partial charge in [-0.25, -0.2) is 4.39 Å². The molecule has 0 spiro atoms. The highest BCUT2D eigenvalue weighted by atomic mass is 19.4. The van der Waals surface area contributed by atoms with E-state index in [-0.39, 0.29) is 31.0 Å². The van der Waals surface area contributed by atoms with E-state index < -0.39 is 23.7 Å². The maximum atomic E-state index is 13.6. The smallest absolute Gasteiger partial charge is 0.329 e. The number of carbonyl (C=O) groups excluding carboxylic acids is 1. The van der Waals surface area contributed by atoms with Crippen molar-refractivity contribution in [1.29, 1.82) is 0 Å². The first-order valence-corrected chi connectivity index (χ1v) is 6.41. The lowest BCUT2D eigenvalue weighted by Crippen LogP contribution is -2.39. The Labute approximate surface area is 122 Å². The van der Waals surface area contributed by atoms with Gasteiger partial charge in [-0.15, -0.1) is 10.2 Å². The highest BCUT2D eigenvalue weighted by Crippen LogP contribution is 2.29. The molecular weight excluding hydrogens is 304 g/mol. The number of amides is 1. The van der Waals surface area contributed by atoms with Gasteiger partial charge < -0.3 is 9.47 Å². The molecule has 116 valence electrons. The highest BCUT2D eigenvalue weighted by molar-refractivity contribution is 5.94. The molecule has 1 aliphatic rings. The summed E-state index contributed by atoms with van der Waals surface area (Å²) in [6.07, 6.45) is -4.59. The van der Waals surface area contributed by atoms with Gasteiger partial charge in [-0.05, 0) is 12.1 Å². The standard InChI is InChI=1S/C13H10F4N4O/c14-9-4-2-1-3-8(9)11(22)20-5-6-21-10(7-20)18-19-12(21)13(15,16)17/h1-4H,5-7H2. The Kier molecular flexibility index (Phi) is 3.34. The van der Waals surface area contributed by atoms with Gasteiger partial charge in [0.2, 0.25) is 5.82 Å². The predicted molar refractivity (Wildman–Crippen MR) is 66.2 cm³/mol. The second-order valence-electron chi connectivity index (χ2n) is 4.80. The largest absolute Gasteiger partial charge is 0.451 e. The maximum absolute atomic E-state index is 13.6. The number of halogens is 4. The maximum Gasteiger partial charge on any atom is 0.451 e. The molecule has 1 amide bonds. The van der Waals surface area contributed by atoms with E-state index in [1.165, 1.54) is 23.1 Å². The summed E-state index contributed by atoms with van der Waals surface area (Å²) in [5, 5.41) is 6.61. The van der Waals surface area contributed by atoms with Crippen LogP contribution in [0.5, 0.6) is 0 Å². The molecule has 22 heavy (non-hydrogen) atoms. The fourth-order valence-corrected chi connectivity index (χ4v) is 2.35. The molecular formula is C13H10F4N4O. The number of hydrogen-bond donors (Lipinski definition) is 0. The summed E-state index contributed by atoms with van der Waals surface area (Å²) < 4.78 is 52.7. The van der Waals surface area contributed by atoms with Gasteiger partial charge in [0.25, 0.3) is 5.91 Å². The molecule has 2 heterocycles. The number of alkyl halides is 3. The van der Waals surface area contributed by atoms with Crippen molar-refractivity contribution in [1.82, 2.24) is 19.7 Å². The molecule has 5 nitrogen and oxygen atoms in total. The molecule has 1 aromatic heterocycles. The van der Waals surface area contributed by atoms with Gasteiger partial charge in [0.05, 0.1) is 12.1 Å². The average Bonchev–Trinajstić information content (AvgIpc) is 2.90. The number of aromatic nitrogens is 3. The summed E-state index contributed by atoms with van der Waals surface area (Å²) in [5.74, 6) is -2.31. The van der Waals surface area contributed by atoms with Crippen LogP contribution in [0.25, 0.3) is 0 Å². The Hall–Kier alpha value is -2.45. The lowest BCUT2D eigenvalue weighted by atomic mass is 10.1. The Morgan fingerprint density at radius 1 is 1.14 bits per heavy atom. The third kappa shape index (κ3) is 2.42. The van der Waals surface area contributed by atoms with Crippen LogP contribution in [0.4, 0.5) is 17.6 Å². The first-order valence-electron chi connectivity index (χ1n) is 6.41. The van der Waals surface area contributed by atoms with E-state index in [1.807, 2.05) is 0 Å². The monoisotopic (exact) mass is 314 g/mol. The summed E-state index contributed by atoms with van der Waals surface area (Å²) in [6, 6.07) is 5.46. The third-order valence-corrected chi connectivity index (χ3v) is 3.40. The van der Waals surface area contributed by atoms with Crippen LogP contribution in [0, 0.1) is 5.82 Å². The first kappa shape index (κ1) is 14.5. The average molecular weight is 314 g/mol. The number of carbonyl (C=O) groups is 1. The van der Waals surface area contributed by atoms with Gasteiger partial charge >= 0.3 is 6.18 Å². The summed E-state index contributed by atoms with van der Waals surface area (Å²) in [5.41, 5.74) is -0.119. The molecule has 0 unspecified atom stereocenters. The fourth-order valence-electron chi connectivity index (χ4n) is 2.35. The Balaban J connectivity index is 1.85. The molecule has 0 fully saturated rings. The van der Waals surface area contributed by atoms with Gasteiger partial charge in [-0.2, -0.15) is 13.2 Å². The van der Waals surface area contributed by atoms with Crippen molar-refractivity contribution in [2.24, 2.45) is 0 Å². The lowest BCUT2D eigenvalue weighted by molar-refractivity contribution is -0.147. The molecule has 0 atom stereocenters. The molecule has 9 heteroatoms. The zero-order valence-corrected chi connectivity index (χ0v) is 11.1. The predicted octanol–water partition coefficient (Wildman–Crippen LogP) is 2.09. The Morgan fingerprint density at radius 3 is 2.55 bits per heavy atom. The second-order valence-corrected chi connectivity index (χ2v) is 4.80. The first-order chi connectivity index (χ1) is 10.4. The molecule has 2 aromatic rings. The van der Waals surface area contributed by atoms with Gasteiger partial charge in [0, 0.05) is 13.1 Å². The summed E-state index contributed by atoms with van der Waals surface area (Å²) in [4.78, 5) is 13.5. The number of hydrogen-bond acceptors (Lipinski definition) is 3. The van der Waals surface area contributed by atoms with Crippen molar-refractivity contribution in [3.8, 4) is 0 Å². The zero-order chi connectivity index (χ0) is 15.9. The number of benzene rings is 1. The van der Waals surface area contributed by atoms with E-state index in [4.69, 9.17) is 0 Å². The molecule has 3 rings (SSSR count). The van der Waals surface area contributed by atoms with E-state index in [0.717, 1.165) is 10.6 Å².